The molecule has 0 saturated carbocycles. The number of benzene rings is 4. The van der Waals surface area contributed by atoms with Gasteiger partial charge in [0.05, 0.1) is 0 Å². The van der Waals surface area contributed by atoms with Gasteiger partial charge in [0.1, 0.15) is 23.0 Å². The van der Waals surface area contributed by atoms with Gasteiger partial charge in [0.15, 0.2) is 0 Å². The summed E-state index contributed by atoms with van der Waals surface area (Å²) in [6, 6.07) is 16.7. The van der Waals surface area contributed by atoms with E-state index in [0.717, 1.165) is 0 Å². The number of phenols is 4. The van der Waals surface area contributed by atoms with Gasteiger partial charge in [-0.3, -0.25) is 0 Å². The molecule has 4 rings (SSSR count). The SMILES string of the molecule is Oc1cc(O)c2ccccc2c1-c1c(O)cc(O)c2ccccc12. The molecule has 4 nitrogen and oxygen atoms in total. The third kappa shape index (κ3) is 1.93. The van der Waals surface area contributed by atoms with Crippen molar-refractivity contribution in [2.24, 2.45) is 0 Å². The minimum absolute atomic E-state index is 0.0329. The molecule has 0 atom stereocenters. The molecule has 0 radical (unpaired) electrons. The lowest BCUT2D eigenvalue weighted by molar-refractivity contribution is 0.450. The summed E-state index contributed by atoms with van der Waals surface area (Å²) in [5, 5.41) is 43.5. The van der Waals surface area contributed by atoms with Crippen molar-refractivity contribution in [1.82, 2.24) is 0 Å². The molecule has 0 aromatic heterocycles. The van der Waals surface area contributed by atoms with E-state index in [-0.39, 0.29) is 23.0 Å². The van der Waals surface area contributed by atoms with E-state index in [9.17, 15) is 20.4 Å². The molecule has 4 heteroatoms. The van der Waals surface area contributed by atoms with Gasteiger partial charge in [0, 0.05) is 34.0 Å². The first kappa shape index (κ1) is 14.2. The van der Waals surface area contributed by atoms with Gasteiger partial charge in [0.25, 0.3) is 0 Å². The summed E-state index contributed by atoms with van der Waals surface area (Å²) in [6.45, 7) is 0. The molecular weight excluding hydrogens is 304 g/mol. The van der Waals surface area contributed by atoms with Crippen LogP contribution < -0.4 is 0 Å². The van der Waals surface area contributed by atoms with Crippen molar-refractivity contribution < 1.29 is 20.4 Å². The van der Waals surface area contributed by atoms with Gasteiger partial charge in [-0.25, -0.2) is 0 Å². The first-order valence-electron chi connectivity index (χ1n) is 7.45. The summed E-state index contributed by atoms with van der Waals surface area (Å²) in [5.41, 5.74) is 0.828. The summed E-state index contributed by atoms with van der Waals surface area (Å²) < 4.78 is 0. The topological polar surface area (TPSA) is 80.9 Å². The van der Waals surface area contributed by atoms with Crippen LogP contribution in [0.1, 0.15) is 0 Å². The fourth-order valence-electron chi connectivity index (χ4n) is 3.21. The summed E-state index contributed by atoms with van der Waals surface area (Å²) in [5.74, 6) is -0.349. The van der Waals surface area contributed by atoms with Crippen molar-refractivity contribution in [1.29, 1.82) is 0 Å². The molecule has 118 valence electrons. The van der Waals surface area contributed by atoms with E-state index >= 15 is 0 Å². The van der Waals surface area contributed by atoms with Crippen molar-refractivity contribution >= 4 is 21.5 Å². The van der Waals surface area contributed by atoms with Gasteiger partial charge < -0.3 is 20.4 Å². The molecule has 0 amide bonds. The monoisotopic (exact) mass is 318 g/mol. The van der Waals surface area contributed by atoms with Crippen molar-refractivity contribution in [2.75, 3.05) is 0 Å². The highest BCUT2D eigenvalue weighted by atomic mass is 16.3. The van der Waals surface area contributed by atoms with E-state index < -0.39 is 0 Å². The predicted molar refractivity (Wildman–Crippen MR) is 93.5 cm³/mol. The summed E-state index contributed by atoms with van der Waals surface area (Å²) in [4.78, 5) is 0. The number of hydrogen-bond acceptors (Lipinski definition) is 4. The second-order valence-corrected chi connectivity index (χ2v) is 5.67. The van der Waals surface area contributed by atoms with Crippen LogP contribution in [0.4, 0.5) is 0 Å². The zero-order chi connectivity index (χ0) is 16.8. The highest BCUT2D eigenvalue weighted by molar-refractivity contribution is 6.12. The van der Waals surface area contributed by atoms with E-state index in [2.05, 4.69) is 0 Å². The van der Waals surface area contributed by atoms with Gasteiger partial charge >= 0.3 is 0 Å². The molecule has 0 bridgehead atoms. The van der Waals surface area contributed by atoms with E-state index in [4.69, 9.17) is 0 Å². The van der Waals surface area contributed by atoms with E-state index in [1.54, 1.807) is 48.5 Å². The van der Waals surface area contributed by atoms with Gasteiger partial charge in [-0.1, -0.05) is 48.5 Å². The van der Waals surface area contributed by atoms with Crippen molar-refractivity contribution in [3.63, 3.8) is 0 Å². The van der Waals surface area contributed by atoms with Crippen molar-refractivity contribution in [3.05, 3.63) is 60.7 Å². The quantitative estimate of drug-likeness (QED) is 0.417. The Kier molecular flexibility index (Phi) is 3.00. The van der Waals surface area contributed by atoms with Crippen LogP contribution in [0.25, 0.3) is 32.7 Å². The van der Waals surface area contributed by atoms with Crippen LogP contribution in [0, 0.1) is 0 Å². The predicted octanol–water partition coefficient (Wildman–Crippen LogP) is 4.48. The lowest BCUT2D eigenvalue weighted by atomic mass is 9.91. The summed E-state index contributed by atoms with van der Waals surface area (Å²) >= 11 is 0. The standard InChI is InChI=1S/C20H14O4/c21-15-9-17(23)19(13-7-3-1-5-11(13)15)20-14-8-4-2-6-12(14)16(22)10-18(20)24/h1-10,21-24H. The minimum Gasteiger partial charge on any atom is -0.507 e. The van der Waals surface area contributed by atoms with Crippen molar-refractivity contribution in [2.45, 2.75) is 0 Å². The molecule has 4 N–H and O–H groups in total. The molecule has 0 aliphatic heterocycles. The van der Waals surface area contributed by atoms with Crippen LogP contribution in [0.2, 0.25) is 0 Å². The molecule has 4 aromatic rings. The number of hydrogen-bond donors (Lipinski definition) is 4. The average molecular weight is 318 g/mol. The van der Waals surface area contributed by atoms with Crippen LogP contribution in [0.3, 0.4) is 0 Å². The van der Waals surface area contributed by atoms with Crippen LogP contribution >= 0.6 is 0 Å². The Morgan fingerprint density at radius 3 is 1.12 bits per heavy atom. The fraction of sp³-hybridized carbons (Fsp3) is 0. The largest absolute Gasteiger partial charge is 0.507 e. The Balaban J connectivity index is 2.23. The lowest BCUT2D eigenvalue weighted by Crippen LogP contribution is -1.88. The first-order valence-corrected chi connectivity index (χ1v) is 7.45. The summed E-state index contributed by atoms with van der Waals surface area (Å²) in [6.07, 6.45) is 0. The van der Waals surface area contributed by atoms with Gasteiger partial charge in [0.2, 0.25) is 0 Å². The second kappa shape index (κ2) is 5.06. The minimum atomic E-state index is -0.141. The van der Waals surface area contributed by atoms with Gasteiger partial charge in [-0.2, -0.15) is 0 Å². The lowest BCUT2D eigenvalue weighted by Gasteiger charge is -2.15. The van der Waals surface area contributed by atoms with Crippen LogP contribution in [-0.4, -0.2) is 20.4 Å². The molecule has 0 aliphatic carbocycles. The Morgan fingerprint density at radius 2 is 0.750 bits per heavy atom. The summed E-state index contributed by atoms with van der Waals surface area (Å²) in [7, 11) is 0. The Bertz CT molecular complexity index is 1010. The molecule has 0 unspecified atom stereocenters. The number of fused-ring (bicyclic) bond motifs is 2. The highest BCUT2D eigenvalue weighted by Crippen LogP contribution is 2.48. The zero-order valence-corrected chi connectivity index (χ0v) is 12.6. The third-order valence-corrected chi connectivity index (χ3v) is 4.25. The maximum atomic E-state index is 10.5. The second-order valence-electron chi connectivity index (χ2n) is 5.67. The molecule has 0 spiro atoms. The Hall–Kier alpha value is -3.40. The van der Waals surface area contributed by atoms with Crippen LogP contribution in [0.5, 0.6) is 23.0 Å². The molecule has 0 saturated heterocycles. The molecular formula is C20H14O4. The highest BCUT2D eigenvalue weighted by Gasteiger charge is 2.19. The zero-order valence-electron chi connectivity index (χ0n) is 12.6. The van der Waals surface area contributed by atoms with E-state index in [0.29, 0.717) is 32.7 Å². The number of phenolic OH excluding ortho intramolecular Hbond substituents is 4. The average Bonchev–Trinajstić information content (AvgIpc) is 2.57. The van der Waals surface area contributed by atoms with Gasteiger partial charge in [-0.15, -0.1) is 0 Å². The van der Waals surface area contributed by atoms with Gasteiger partial charge in [-0.05, 0) is 10.8 Å². The number of rotatable bonds is 1. The van der Waals surface area contributed by atoms with E-state index in [1.807, 2.05) is 0 Å². The van der Waals surface area contributed by atoms with Crippen LogP contribution in [-0.2, 0) is 0 Å². The molecule has 0 heterocycles. The maximum absolute atomic E-state index is 10.5. The molecule has 24 heavy (non-hydrogen) atoms. The van der Waals surface area contributed by atoms with Crippen LogP contribution in [0.15, 0.2) is 60.7 Å². The third-order valence-electron chi connectivity index (χ3n) is 4.25. The van der Waals surface area contributed by atoms with E-state index in [1.165, 1.54) is 12.1 Å². The smallest absolute Gasteiger partial charge is 0.127 e. The van der Waals surface area contributed by atoms with Crippen molar-refractivity contribution in [3.8, 4) is 34.1 Å². The number of aromatic hydroxyl groups is 4. The molecule has 0 fully saturated rings. The Morgan fingerprint density at radius 1 is 0.417 bits per heavy atom. The first-order chi connectivity index (χ1) is 11.6. The normalized spacial score (nSPS) is 11.2. The fourth-order valence-corrected chi connectivity index (χ4v) is 3.21. The maximum Gasteiger partial charge on any atom is 0.127 e. The Labute approximate surface area is 137 Å². The molecule has 0 aliphatic rings. The molecule has 4 aromatic carbocycles.